The zero-order valence-corrected chi connectivity index (χ0v) is 19.8. The highest BCUT2D eigenvalue weighted by atomic mass is 35.5. The van der Waals surface area contributed by atoms with Crippen LogP contribution in [0.1, 0.15) is 55.5 Å². The smallest absolute Gasteiger partial charge is 0.407 e. The number of hydrogen-bond donors (Lipinski definition) is 4. The van der Waals surface area contributed by atoms with Crippen molar-refractivity contribution in [2.75, 3.05) is 19.3 Å². The predicted octanol–water partition coefficient (Wildman–Crippen LogP) is 3.05. The third kappa shape index (κ3) is 6.11. The number of hydrogen-bond acceptors (Lipinski definition) is 7. The van der Waals surface area contributed by atoms with Crippen LogP contribution in [0.15, 0.2) is 24.4 Å². The molecular formula is C23H30ClN5O4. The Morgan fingerprint density at radius 3 is 2.82 bits per heavy atom. The van der Waals surface area contributed by atoms with E-state index in [1.54, 1.807) is 6.07 Å². The maximum absolute atomic E-state index is 12.0. The first-order chi connectivity index (χ1) is 15.6. The SMILES string of the molecule is CC1(C)CNC(=O)c2ccc(-c3nc(N)ncc3Cl)cc21.CNC(=O)OC1CCCC(O)C1. The van der Waals surface area contributed by atoms with Gasteiger partial charge in [0.1, 0.15) is 6.10 Å². The van der Waals surface area contributed by atoms with E-state index in [1.165, 1.54) is 13.2 Å². The van der Waals surface area contributed by atoms with E-state index in [4.69, 9.17) is 22.1 Å². The van der Waals surface area contributed by atoms with Gasteiger partial charge in [0.15, 0.2) is 0 Å². The lowest BCUT2D eigenvalue weighted by atomic mass is 9.78. The van der Waals surface area contributed by atoms with Crippen LogP contribution >= 0.6 is 11.6 Å². The number of nitrogens with two attached hydrogens (primary N) is 1. The van der Waals surface area contributed by atoms with Crippen LogP contribution in [0.2, 0.25) is 5.02 Å². The van der Waals surface area contributed by atoms with E-state index in [0.717, 1.165) is 30.4 Å². The third-order valence-corrected chi connectivity index (χ3v) is 6.07. The third-order valence-electron chi connectivity index (χ3n) is 5.80. The van der Waals surface area contributed by atoms with E-state index in [-0.39, 0.29) is 29.5 Å². The Kier molecular flexibility index (Phi) is 7.76. The Balaban J connectivity index is 0.000000218. The maximum atomic E-state index is 12.0. The van der Waals surface area contributed by atoms with E-state index in [9.17, 15) is 14.7 Å². The number of aliphatic hydroxyl groups is 1. The zero-order valence-electron chi connectivity index (χ0n) is 19.0. The summed E-state index contributed by atoms with van der Waals surface area (Å²) in [6.07, 6.45) is 3.88. The van der Waals surface area contributed by atoms with Crippen LogP contribution in [0.4, 0.5) is 10.7 Å². The van der Waals surface area contributed by atoms with Crippen molar-refractivity contribution in [2.24, 2.45) is 0 Å². The molecule has 4 rings (SSSR count). The molecule has 2 amide bonds. The largest absolute Gasteiger partial charge is 0.446 e. The van der Waals surface area contributed by atoms with Gasteiger partial charge >= 0.3 is 6.09 Å². The number of aromatic nitrogens is 2. The molecule has 1 aromatic heterocycles. The van der Waals surface area contributed by atoms with Crippen LogP contribution in [0, 0.1) is 0 Å². The molecule has 0 bridgehead atoms. The van der Waals surface area contributed by atoms with Crippen molar-refractivity contribution >= 4 is 29.5 Å². The number of amides is 2. The molecule has 0 saturated heterocycles. The summed E-state index contributed by atoms with van der Waals surface area (Å²) < 4.78 is 5.00. The number of carbonyl (C=O) groups excluding carboxylic acids is 2. The first-order valence-corrected chi connectivity index (χ1v) is 11.3. The second-order valence-corrected chi connectivity index (χ2v) is 9.26. The molecule has 2 unspecified atom stereocenters. The summed E-state index contributed by atoms with van der Waals surface area (Å²) >= 11 is 6.15. The van der Waals surface area contributed by atoms with E-state index >= 15 is 0 Å². The quantitative estimate of drug-likeness (QED) is 0.523. The first-order valence-electron chi connectivity index (χ1n) is 10.9. The molecule has 5 N–H and O–H groups in total. The summed E-state index contributed by atoms with van der Waals surface area (Å²) in [4.78, 5) is 30.8. The van der Waals surface area contributed by atoms with Crippen molar-refractivity contribution in [3.8, 4) is 11.3 Å². The summed E-state index contributed by atoms with van der Waals surface area (Å²) in [5, 5.41) is 15.0. The Morgan fingerprint density at radius 1 is 1.36 bits per heavy atom. The average Bonchev–Trinajstić information content (AvgIpc) is 2.78. The van der Waals surface area contributed by atoms with Crippen molar-refractivity contribution in [3.63, 3.8) is 0 Å². The number of anilines is 1. The number of nitrogens with zero attached hydrogens (tertiary/aromatic N) is 2. The molecule has 9 nitrogen and oxygen atoms in total. The number of alkyl carbamates (subject to hydrolysis) is 1. The number of nitrogens with one attached hydrogen (secondary N) is 2. The molecule has 2 aromatic rings. The molecule has 1 aliphatic heterocycles. The second-order valence-electron chi connectivity index (χ2n) is 8.85. The van der Waals surface area contributed by atoms with Gasteiger partial charge in [-0.3, -0.25) is 4.79 Å². The highest BCUT2D eigenvalue weighted by Gasteiger charge is 2.32. The molecule has 0 radical (unpaired) electrons. The summed E-state index contributed by atoms with van der Waals surface area (Å²) in [7, 11) is 1.53. The molecule has 1 fully saturated rings. The van der Waals surface area contributed by atoms with Crippen molar-refractivity contribution in [1.29, 1.82) is 0 Å². The van der Waals surface area contributed by atoms with Crippen LogP contribution in [0.3, 0.4) is 0 Å². The molecule has 2 atom stereocenters. The fourth-order valence-electron chi connectivity index (χ4n) is 3.96. The zero-order chi connectivity index (χ0) is 24.2. The molecule has 2 aliphatic rings. The van der Waals surface area contributed by atoms with E-state index < -0.39 is 6.09 Å². The summed E-state index contributed by atoms with van der Waals surface area (Å²) in [6.45, 7) is 4.78. The summed E-state index contributed by atoms with van der Waals surface area (Å²) in [6, 6.07) is 5.59. The lowest BCUT2D eigenvalue weighted by Crippen LogP contribution is -2.43. The predicted molar refractivity (Wildman–Crippen MR) is 126 cm³/mol. The second kappa shape index (κ2) is 10.4. The van der Waals surface area contributed by atoms with Crippen LogP contribution < -0.4 is 16.4 Å². The molecule has 1 saturated carbocycles. The van der Waals surface area contributed by atoms with Gasteiger partial charge in [0.05, 0.1) is 23.0 Å². The van der Waals surface area contributed by atoms with Gasteiger partial charge in [0.2, 0.25) is 5.95 Å². The monoisotopic (exact) mass is 475 g/mol. The van der Waals surface area contributed by atoms with Crippen LogP contribution in [-0.4, -0.2) is 52.9 Å². The number of benzene rings is 1. The minimum atomic E-state index is -0.408. The summed E-state index contributed by atoms with van der Waals surface area (Å²) in [5.74, 6) is 0.119. The minimum absolute atomic E-state index is 0.0517. The van der Waals surface area contributed by atoms with Gasteiger partial charge in [-0.15, -0.1) is 0 Å². The molecular weight excluding hydrogens is 446 g/mol. The molecule has 1 aliphatic carbocycles. The van der Waals surface area contributed by atoms with Gasteiger partial charge in [-0.05, 0) is 37.0 Å². The maximum Gasteiger partial charge on any atom is 0.407 e. The van der Waals surface area contributed by atoms with Crippen molar-refractivity contribution in [1.82, 2.24) is 20.6 Å². The first kappa shape index (κ1) is 24.7. The van der Waals surface area contributed by atoms with Crippen LogP contribution in [0.25, 0.3) is 11.3 Å². The number of rotatable bonds is 2. The molecule has 33 heavy (non-hydrogen) atoms. The normalized spacial score (nSPS) is 21.1. The Bertz CT molecular complexity index is 1030. The van der Waals surface area contributed by atoms with Gasteiger partial charge in [-0.25, -0.2) is 14.8 Å². The molecule has 1 aromatic carbocycles. The average molecular weight is 476 g/mol. The number of carbonyl (C=O) groups is 2. The molecule has 10 heteroatoms. The number of ether oxygens (including phenoxy) is 1. The molecule has 0 spiro atoms. The van der Waals surface area contributed by atoms with Crippen molar-refractivity contribution in [2.45, 2.75) is 57.2 Å². The number of nitrogen functional groups attached to an aromatic ring is 1. The van der Waals surface area contributed by atoms with Gasteiger partial charge in [0.25, 0.3) is 5.91 Å². The highest BCUT2D eigenvalue weighted by Crippen LogP contribution is 2.34. The highest BCUT2D eigenvalue weighted by molar-refractivity contribution is 6.32. The van der Waals surface area contributed by atoms with E-state index in [1.807, 2.05) is 12.1 Å². The van der Waals surface area contributed by atoms with Crippen molar-refractivity contribution < 1.29 is 19.4 Å². The summed E-state index contributed by atoms with van der Waals surface area (Å²) in [5.41, 5.74) is 8.56. The number of fused-ring (bicyclic) bond motifs is 1. The number of halogens is 1. The van der Waals surface area contributed by atoms with Crippen LogP contribution in [-0.2, 0) is 10.2 Å². The fourth-order valence-corrected chi connectivity index (χ4v) is 4.16. The van der Waals surface area contributed by atoms with Crippen molar-refractivity contribution in [3.05, 3.63) is 40.5 Å². The minimum Gasteiger partial charge on any atom is -0.446 e. The van der Waals surface area contributed by atoms with Gasteiger partial charge in [-0.2, -0.15) is 0 Å². The van der Waals surface area contributed by atoms with E-state index in [2.05, 4.69) is 34.4 Å². The van der Waals surface area contributed by atoms with Gasteiger partial charge in [-0.1, -0.05) is 31.5 Å². The molecule has 2 heterocycles. The van der Waals surface area contributed by atoms with Gasteiger partial charge < -0.3 is 26.2 Å². The lowest BCUT2D eigenvalue weighted by Gasteiger charge is -2.32. The number of aliphatic hydroxyl groups excluding tert-OH is 1. The van der Waals surface area contributed by atoms with E-state index in [0.29, 0.717) is 29.2 Å². The Labute approximate surface area is 198 Å². The Hall–Kier alpha value is -2.91. The lowest BCUT2D eigenvalue weighted by molar-refractivity contribution is 0.0237. The fraction of sp³-hybridized carbons (Fsp3) is 0.478. The topological polar surface area (TPSA) is 139 Å². The van der Waals surface area contributed by atoms with Crippen LogP contribution in [0.5, 0.6) is 0 Å². The Morgan fingerprint density at radius 2 is 2.12 bits per heavy atom. The standard InChI is InChI=1S/C15H15ClN4O.C8H15NO3/c1-15(2)7-19-13(21)9-4-3-8(5-10(9)15)12-11(16)6-18-14(17)20-12;1-9-8(11)12-7-4-2-3-6(10)5-7/h3-6H,7H2,1-2H3,(H,19,21)(H2,17,18,20);6-7,10H,2-5H2,1H3,(H,9,11). The molecule has 178 valence electrons. The van der Waals surface area contributed by atoms with Gasteiger partial charge in [0, 0.05) is 36.6 Å².